The highest BCUT2D eigenvalue weighted by molar-refractivity contribution is 5.75. The van der Waals surface area contributed by atoms with Gasteiger partial charge in [0.2, 0.25) is 0 Å². The van der Waals surface area contributed by atoms with Crippen molar-refractivity contribution in [2.24, 2.45) is 0 Å². The zero-order valence-electron chi connectivity index (χ0n) is 11.8. The van der Waals surface area contributed by atoms with Crippen molar-refractivity contribution >= 4 is 6.03 Å². The van der Waals surface area contributed by atoms with Crippen molar-refractivity contribution in [1.82, 2.24) is 25.2 Å². The molecule has 7 heteroatoms. The van der Waals surface area contributed by atoms with Gasteiger partial charge in [0.1, 0.15) is 5.75 Å². The van der Waals surface area contributed by atoms with Crippen LogP contribution in [0.1, 0.15) is 11.6 Å². The van der Waals surface area contributed by atoms with Crippen molar-refractivity contribution in [3.05, 3.63) is 42.2 Å². The molecule has 2 heterocycles. The zero-order valence-corrected chi connectivity index (χ0v) is 11.8. The van der Waals surface area contributed by atoms with E-state index in [9.17, 15) is 4.79 Å². The Balaban J connectivity index is 1.45. The van der Waals surface area contributed by atoms with Crippen LogP contribution in [0.5, 0.6) is 5.75 Å². The van der Waals surface area contributed by atoms with E-state index in [-0.39, 0.29) is 12.1 Å². The molecule has 0 unspecified atom stereocenters. The van der Waals surface area contributed by atoms with E-state index >= 15 is 0 Å². The van der Waals surface area contributed by atoms with Crippen molar-refractivity contribution < 1.29 is 9.53 Å². The summed E-state index contributed by atoms with van der Waals surface area (Å²) >= 11 is 0. The van der Waals surface area contributed by atoms with E-state index < -0.39 is 0 Å². The first-order valence-corrected chi connectivity index (χ1v) is 6.78. The number of likely N-dealkylation sites (tertiary alicyclic amines) is 1. The van der Waals surface area contributed by atoms with Gasteiger partial charge in [-0.25, -0.2) is 9.48 Å². The Bertz CT molecular complexity index is 590. The lowest BCUT2D eigenvalue weighted by Gasteiger charge is -2.38. The van der Waals surface area contributed by atoms with Crippen LogP contribution in [0.3, 0.4) is 0 Å². The molecule has 0 bridgehead atoms. The number of urea groups is 1. The van der Waals surface area contributed by atoms with E-state index in [1.165, 1.54) is 0 Å². The molecule has 0 atom stereocenters. The van der Waals surface area contributed by atoms with E-state index in [0.29, 0.717) is 19.6 Å². The Morgan fingerprint density at radius 3 is 2.76 bits per heavy atom. The lowest BCUT2D eigenvalue weighted by atomic mass is 10.1. The Hall–Kier alpha value is -2.57. The summed E-state index contributed by atoms with van der Waals surface area (Å²) < 4.78 is 6.88. The summed E-state index contributed by atoms with van der Waals surface area (Å²) in [4.78, 5) is 13.7. The number of rotatable bonds is 4. The third-order valence-electron chi connectivity index (χ3n) is 3.57. The first-order chi connectivity index (χ1) is 10.3. The minimum atomic E-state index is -0.0535. The number of nitrogens with zero attached hydrogens (tertiary/aromatic N) is 4. The number of hydrogen-bond acceptors (Lipinski definition) is 4. The fourth-order valence-corrected chi connectivity index (χ4v) is 2.23. The molecule has 0 spiro atoms. The van der Waals surface area contributed by atoms with Gasteiger partial charge < -0.3 is 15.0 Å². The van der Waals surface area contributed by atoms with Crippen LogP contribution in [0.2, 0.25) is 0 Å². The molecule has 0 saturated carbocycles. The van der Waals surface area contributed by atoms with Crippen LogP contribution >= 0.6 is 0 Å². The number of ether oxygens (including phenoxy) is 1. The van der Waals surface area contributed by atoms with Gasteiger partial charge in [-0.1, -0.05) is 17.3 Å². The van der Waals surface area contributed by atoms with Crippen LogP contribution in [0, 0.1) is 0 Å². The average Bonchev–Trinajstić information content (AvgIpc) is 2.98. The molecular weight excluding hydrogens is 270 g/mol. The highest BCUT2D eigenvalue weighted by Crippen LogP contribution is 2.19. The second kappa shape index (κ2) is 5.82. The molecule has 110 valence electrons. The second-order valence-corrected chi connectivity index (χ2v) is 4.95. The Morgan fingerprint density at radius 2 is 2.14 bits per heavy atom. The molecule has 2 amide bonds. The third kappa shape index (κ3) is 2.96. The van der Waals surface area contributed by atoms with Gasteiger partial charge in [-0.2, -0.15) is 0 Å². The molecule has 1 aliphatic heterocycles. The topological polar surface area (TPSA) is 72.3 Å². The summed E-state index contributed by atoms with van der Waals surface area (Å²) in [6.45, 7) is 1.84. The lowest BCUT2D eigenvalue weighted by Crippen LogP contribution is -2.54. The van der Waals surface area contributed by atoms with Gasteiger partial charge in [0.15, 0.2) is 0 Å². The van der Waals surface area contributed by atoms with Crippen LogP contribution in [-0.2, 0) is 6.54 Å². The summed E-state index contributed by atoms with van der Waals surface area (Å²) in [5, 5.41) is 10.6. The van der Waals surface area contributed by atoms with Gasteiger partial charge in [-0.3, -0.25) is 0 Å². The smallest absolute Gasteiger partial charge is 0.317 e. The molecule has 1 N–H and O–H groups in total. The summed E-state index contributed by atoms with van der Waals surface area (Å²) in [7, 11) is 1.63. The molecule has 1 aromatic heterocycles. The van der Waals surface area contributed by atoms with Gasteiger partial charge in [0.25, 0.3) is 0 Å². The summed E-state index contributed by atoms with van der Waals surface area (Å²) in [5.74, 6) is 0.809. The molecule has 3 rings (SSSR count). The van der Waals surface area contributed by atoms with E-state index in [1.54, 1.807) is 22.9 Å². The fraction of sp³-hybridized carbons (Fsp3) is 0.357. The first-order valence-electron chi connectivity index (χ1n) is 6.78. The number of carbonyl (C=O) groups excluding carboxylic acids is 1. The molecule has 0 radical (unpaired) electrons. The molecule has 1 saturated heterocycles. The molecule has 2 aromatic rings. The average molecular weight is 287 g/mol. The number of aromatic nitrogens is 3. The van der Waals surface area contributed by atoms with Crippen molar-refractivity contribution in [3.8, 4) is 5.75 Å². The van der Waals surface area contributed by atoms with Gasteiger partial charge in [-0.15, -0.1) is 5.10 Å². The first kappa shape index (κ1) is 13.4. The van der Waals surface area contributed by atoms with Crippen molar-refractivity contribution in [2.45, 2.75) is 12.6 Å². The van der Waals surface area contributed by atoms with Crippen molar-refractivity contribution in [2.75, 3.05) is 20.2 Å². The quantitative estimate of drug-likeness (QED) is 0.912. The Kier molecular flexibility index (Phi) is 3.72. The van der Waals surface area contributed by atoms with E-state index in [1.807, 2.05) is 30.5 Å². The zero-order chi connectivity index (χ0) is 14.7. The van der Waals surface area contributed by atoms with Gasteiger partial charge >= 0.3 is 6.03 Å². The minimum absolute atomic E-state index is 0.0535. The molecular formula is C14H17N5O2. The predicted octanol–water partition coefficient (Wildman–Crippen LogP) is 1.05. The number of methoxy groups -OCH3 is 1. The van der Waals surface area contributed by atoms with Crippen LogP contribution in [-0.4, -0.2) is 46.1 Å². The summed E-state index contributed by atoms with van der Waals surface area (Å²) in [5.41, 5.74) is 1.04. The predicted molar refractivity (Wildman–Crippen MR) is 75.9 cm³/mol. The molecule has 0 aliphatic carbocycles. The second-order valence-electron chi connectivity index (χ2n) is 4.95. The maximum atomic E-state index is 12.0. The molecule has 7 nitrogen and oxygen atoms in total. The standard InChI is InChI=1S/C14H17N5O2/c1-21-13-4-2-11(3-5-13)8-15-14(20)18-9-12(10-18)19-7-6-16-17-19/h2-7,12H,8-10H2,1H3,(H,15,20). The Labute approximate surface area is 122 Å². The molecule has 1 aromatic carbocycles. The third-order valence-corrected chi connectivity index (χ3v) is 3.57. The lowest BCUT2D eigenvalue weighted by molar-refractivity contribution is 0.117. The minimum Gasteiger partial charge on any atom is -0.497 e. The fourth-order valence-electron chi connectivity index (χ4n) is 2.23. The largest absolute Gasteiger partial charge is 0.497 e. The monoisotopic (exact) mass is 287 g/mol. The number of nitrogens with one attached hydrogen (secondary N) is 1. The number of benzene rings is 1. The van der Waals surface area contributed by atoms with E-state index in [0.717, 1.165) is 11.3 Å². The molecule has 1 fully saturated rings. The Morgan fingerprint density at radius 1 is 1.38 bits per heavy atom. The van der Waals surface area contributed by atoms with E-state index in [2.05, 4.69) is 15.6 Å². The number of hydrogen-bond donors (Lipinski definition) is 1. The number of carbonyl (C=O) groups is 1. The van der Waals surface area contributed by atoms with Crippen molar-refractivity contribution in [1.29, 1.82) is 0 Å². The van der Waals surface area contributed by atoms with Crippen LogP contribution in [0.4, 0.5) is 4.79 Å². The maximum Gasteiger partial charge on any atom is 0.317 e. The van der Waals surface area contributed by atoms with Crippen LogP contribution < -0.4 is 10.1 Å². The summed E-state index contributed by atoms with van der Waals surface area (Å²) in [6.07, 6.45) is 3.46. The highest BCUT2D eigenvalue weighted by Gasteiger charge is 2.32. The SMILES string of the molecule is COc1ccc(CNC(=O)N2CC(n3ccnn3)C2)cc1. The molecule has 1 aliphatic rings. The van der Waals surface area contributed by atoms with Crippen LogP contribution in [0.25, 0.3) is 0 Å². The normalized spacial score (nSPS) is 14.6. The van der Waals surface area contributed by atoms with Crippen LogP contribution in [0.15, 0.2) is 36.7 Å². The molecule has 21 heavy (non-hydrogen) atoms. The van der Waals surface area contributed by atoms with Gasteiger partial charge in [0.05, 0.1) is 19.3 Å². The summed E-state index contributed by atoms with van der Waals surface area (Å²) in [6, 6.07) is 7.82. The van der Waals surface area contributed by atoms with Crippen molar-refractivity contribution in [3.63, 3.8) is 0 Å². The van der Waals surface area contributed by atoms with E-state index in [4.69, 9.17) is 4.74 Å². The number of amides is 2. The van der Waals surface area contributed by atoms with Gasteiger partial charge in [-0.05, 0) is 17.7 Å². The highest BCUT2D eigenvalue weighted by atomic mass is 16.5. The van der Waals surface area contributed by atoms with Gasteiger partial charge in [0, 0.05) is 25.8 Å². The maximum absolute atomic E-state index is 12.0.